The lowest BCUT2D eigenvalue weighted by molar-refractivity contribution is 0.625. The molecule has 2 rings (SSSR count). The summed E-state index contributed by atoms with van der Waals surface area (Å²) in [6.45, 7) is 0. The first-order valence-electron chi connectivity index (χ1n) is 3.87. The molecule has 0 aliphatic carbocycles. The van der Waals surface area contributed by atoms with Crippen molar-refractivity contribution in [2.24, 2.45) is 7.05 Å². The van der Waals surface area contributed by atoms with E-state index in [4.69, 9.17) is 0 Å². The minimum absolute atomic E-state index is 0.324. The molecule has 0 fully saturated rings. The van der Waals surface area contributed by atoms with Gasteiger partial charge in [0, 0.05) is 25.0 Å². The van der Waals surface area contributed by atoms with Crippen LogP contribution in [-0.4, -0.2) is 14.8 Å². The number of hydrogen-bond donors (Lipinski definition) is 0. The molecule has 3 nitrogen and oxygen atoms in total. The van der Waals surface area contributed by atoms with Gasteiger partial charge in [0.05, 0.1) is 6.20 Å². The Labute approximate surface area is 74.8 Å². The van der Waals surface area contributed by atoms with Gasteiger partial charge in [-0.2, -0.15) is 5.10 Å². The van der Waals surface area contributed by atoms with Crippen LogP contribution in [0.5, 0.6) is 0 Å². The summed E-state index contributed by atoms with van der Waals surface area (Å²) < 4.78 is 14.8. The third-order valence-electron chi connectivity index (χ3n) is 1.74. The van der Waals surface area contributed by atoms with E-state index < -0.39 is 0 Å². The average Bonchev–Trinajstić information content (AvgIpc) is 2.53. The largest absolute Gasteiger partial charge is 0.275 e. The molecule has 0 unspecified atom stereocenters. The lowest BCUT2D eigenvalue weighted by Gasteiger charge is -1.95. The molecule has 0 saturated carbocycles. The third kappa shape index (κ3) is 1.42. The summed E-state index contributed by atoms with van der Waals surface area (Å²) >= 11 is 0. The molecule has 13 heavy (non-hydrogen) atoms. The van der Waals surface area contributed by atoms with Gasteiger partial charge in [-0.25, -0.2) is 4.39 Å². The van der Waals surface area contributed by atoms with Crippen LogP contribution in [0.25, 0.3) is 11.3 Å². The SMILES string of the molecule is Cn1cc(-c2ncccc2F)cn1. The van der Waals surface area contributed by atoms with Crippen LogP contribution in [0.2, 0.25) is 0 Å². The molecule has 0 saturated heterocycles. The highest BCUT2D eigenvalue weighted by Crippen LogP contribution is 2.18. The zero-order valence-corrected chi connectivity index (χ0v) is 7.11. The Morgan fingerprint density at radius 2 is 2.31 bits per heavy atom. The number of halogens is 1. The van der Waals surface area contributed by atoms with Gasteiger partial charge in [0.25, 0.3) is 0 Å². The second-order valence-corrected chi connectivity index (χ2v) is 2.74. The van der Waals surface area contributed by atoms with Crippen LogP contribution in [0.3, 0.4) is 0 Å². The van der Waals surface area contributed by atoms with E-state index in [-0.39, 0.29) is 5.82 Å². The molecular weight excluding hydrogens is 169 g/mol. The summed E-state index contributed by atoms with van der Waals surface area (Å²) in [7, 11) is 1.78. The molecule has 0 aromatic carbocycles. The van der Waals surface area contributed by atoms with Gasteiger partial charge in [0.15, 0.2) is 0 Å². The van der Waals surface area contributed by atoms with E-state index in [0.717, 1.165) is 0 Å². The minimum atomic E-state index is -0.324. The second-order valence-electron chi connectivity index (χ2n) is 2.74. The summed E-state index contributed by atoms with van der Waals surface area (Å²) in [5.74, 6) is -0.324. The molecule has 0 N–H and O–H groups in total. The van der Waals surface area contributed by atoms with Crippen LogP contribution in [0.1, 0.15) is 0 Å². The number of aryl methyl sites for hydroxylation is 1. The van der Waals surface area contributed by atoms with E-state index in [9.17, 15) is 4.39 Å². The monoisotopic (exact) mass is 177 g/mol. The van der Waals surface area contributed by atoms with Crippen LogP contribution in [0.15, 0.2) is 30.7 Å². The van der Waals surface area contributed by atoms with Crippen molar-refractivity contribution >= 4 is 0 Å². The molecule has 0 radical (unpaired) electrons. The van der Waals surface area contributed by atoms with Gasteiger partial charge in [-0.1, -0.05) is 0 Å². The fourth-order valence-electron chi connectivity index (χ4n) is 1.14. The molecule has 0 bridgehead atoms. The van der Waals surface area contributed by atoms with E-state index in [1.807, 2.05) is 0 Å². The van der Waals surface area contributed by atoms with Crippen LogP contribution in [-0.2, 0) is 7.05 Å². The van der Waals surface area contributed by atoms with Gasteiger partial charge in [-0.15, -0.1) is 0 Å². The van der Waals surface area contributed by atoms with Crippen molar-refractivity contribution in [2.45, 2.75) is 0 Å². The van der Waals surface area contributed by atoms with Crippen LogP contribution < -0.4 is 0 Å². The van der Waals surface area contributed by atoms with Gasteiger partial charge in [0.2, 0.25) is 0 Å². The first-order valence-corrected chi connectivity index (χ1v) is 3.87. The maximum Gasteiger partial charge on any atom is 0.149 e. The average molecular weight is 177 g/mol. The Kier molecular flexibility index (Phi) is 1.81. The zero-order valence-electron chi connectivity index (χ0n) is 7.11. The Hall–Kier alpha value is -1.71. The fourth-order valence-corrected chi connectivity index (χ4v) is 1.14. The Bertz CT molecular complexity index is 422. The van der Waals surface area contributed by atoms with Crippen molar-refractivity contribution < 1.29 is 4.39 Å². The van der Waals surface area contributed by atoms with Crippen molar-refractivity contribution in [3.05, 3.63) is 36.5 Å². The second kappa shape index (κ2) is 2.97. The van der Waals surface area contributed by atoms with Gasteiger partial charge in [-0.05, 0) is 12.1 Å². The number of nitrogens with zero attached hydrogens (tertiary/aromatic N) is 3. The highest BCUT2D eigenvalue weighted by atomic mass is 19.1. The van der Waals surface area contributed by atoms with E-state index >= 15 is 0 Å². The van der Waals surface area contributed by atoms with Crippen molar-refractivity contribution in [1.82, 2.24) is 14.8 Å². The Morgan fingerprint density at radius 3 is 2.92 bits per heavy atom. The molecule has 66 valence electrons. The van der Waals surface area contributed by atoms with E-state index in [0.29, 0.717) is 11.3 Å². The molecule has 2 aromatic rings. The van der Waals surface area contributed by atoms with Gasteiger partial charge >= 0.3 is 0 Å². The Balaban J connectivity index is 2.52. The highest BCUT2D eigenvalue weighted by molar-refractivity contribution is 5.57. The maximum atomic E-state index is 13.2. The minimum Gasteiger partial charge on any atom is -0.275 e. The molecule has 2 aromatic heterocycles. The number of rotatable bonds is 1. The molecule has 0 atom stereocenters. The quantitative estimate of drug-likeness (QED) is 0.662. The van der Waals surface area contributed by atoms with Crippen molar-refractivity contribution in [2.75, 3.05) is 0 Å². The summed E-state index contributed by atoms with van der Waals surface area (Å²) in [4.78, 5) is 3.93. The first-order chi connectivity index (χ1) is 6.27. The Morgan fingerprint density at radius 1 is 1.46 bits per heavy atom. The fraction of sp³-hybridized carbons (Fsp3) is 0.111. The number of hydrogen-bond acceptors (Lipinski definition) is 2. The van der Waals surface area contributed by atoms with Crippen molar-refractivity contribution in [1.29, 1.82) is 0 Å². The van der Waals surface area contributed by atoms with E-state index in [1.165, 1.54) is 6.07 Å². The predicted octanol–water partition coefficient (Wildman–Crippen LogP) is 1.62. The molecule has 0 aliphatic heterocycles. The summed E-state index contributed by atoms with van der Waals surface area (Å²) in [6, 6.07) is 2.95. The van der Waals surface area contributed by atoms with E-state index in [2.05, 4.69) is 10.1 Å². The number of aromatic nitrogens is 3. The topological polar surface area (TPSA) is 30.7 Å². The van der Waals surface area contributed by atoms with Crippen LogP contribution >= 0.6 is 0 Å². The summed E-state index contributed by atoms with van der Waals surface area (Å²) in [6.07, 6.45) is 4.88. The van der Waals surface area contributed by atoms with Gasteiger partial charge in [0.1, 0.15) is 11.5 Å². The molecule has 2 heterocycles. The lowest BCUT2D eigenvalue weighted by atomic mass is 10.2. The molecule has 0 aliphatic rings. The van der Waals surface area contributed by atoms with Gasteiger partial charge < -0.3 is 0 Å². The normalized spacial score (nSPS) is 10.3. The van der Waals surface area contributed by atoms with Crippen LogP contribution in [0, 0.1) is 5.82 Å². The highest BCUT2D eigenvalue weighted by Gasteiger charge is 2.06. The molecule has 0 spiro atoms. The lowest BCUT2D eigenvalue weighted by Crippen LogP contribution is -1.87. The van der Waals surface area contributed by atoms with Crippen molar-refractivity contribution in [3.63, 3.8) is 0 Å². The zero-order chi connectivity index (χ0) is 9.26. The molecule has 0 amide bonds. The smallest absolute Gasteiger partial charge is 0.149 e. The maximum absolute atomic E-state index is 13.2. The molecular formula is C9H8FN3. The van der Waals surface area contributed by atoms with Crippen molar-refractivity contribution in [3.8, 4) is 11.3 Å². The number of pyridine rings is 1. The predicted molar refractivity (Wildman–Crippen MR) is 46.4 cm³/mol. The summed E-state index contributed by atoms with van der Waals surface area (Å²) in [5, 5.41) is 3.94. The van der Waals surface area contributed by atoms with Gasteiger partial charge in [-0.3, -0.25) is 9.67 Å². The van der Waals surface area contributed by atoms with E-state index in [1.54, 1.807) is 36.4 Å². The third-order valence-corrected chi connectivity index (χ3v) is 1.74. The first kappa shape index (κ1) is 7.91. The summed E-state index contributed by atoms with van der Waals surface area (Å²) in [5.41, 5.74) is 1.04. The van der Waals surface area contributed by atoms with Crippen LogP contribution in [0.4, 0.5) is 4.39 Å². The standard InChI is InChI=1S/C9H8FN3/c1-13-6-7(5-12-13)9-8(10)3-2-4-11-9/h2-6H,1H3. The molecule has 4 heteroatoms.